The topological polar surface area (TPSA) is 30.7 Å². The van der Waals surface area contributed by atoms with Gasteiger partial charge in [-0.05, 0) is 25.0 Å². The molecule has 0 unspecified atom stereocenters. The van der Waals surface area contributed by atoms with Gasteiger partial charge in [0.15, 0.2) is 11.0 Å². The third-order valence-electron chi connectivity index (χ3n) is 3.81. The van der Waals surface area contributed by atoms with Crippen LogP contribution in [0.25, 0.3) is 11.4 Å². The molecule has 1 aliphatic carbocycles. The highest BCUT2D eigenvalue weighted by Gasteiger charge is 2.26. The molecule has 118 valence electrons. The van der Waals surface area contributed by atoms with Crippen molar-refractivity contribution in [3.8, 4) is 11.4 Å². The van der Waals surface area contributed by atoms with Crippen LogP contribution in [-0.2, 0) is 0 Å². The van der Waals surface area contributed by atoms with Crippen LogP contribution in [0.5, 0.6) is 0 Å². The second-order valence-electron chi connectivity index (χ2n) is 5.30. The first-order valence-electron chi connectivity index (χ1n) is 7.27. The maximum Gasteiger partial charge on any atom is 0.248 e. The predicted octanol–water partition coefficient (Wildman–Crippen LogP) is 5.07. The molecule has 3 rings (SSSR count). The fourth-order valence-electron chi connectivity index (χ4n) is 2.83. The van der Waals surface area contributed by atoms with Crippen molar-refractivity contribution in [3.05, 3.63) is 29.3 Å². The number of nitrogens with zero attached hydrogens (tertiary/aromatic N) is 3. The summed E-state index contributed by atoms with van der Waals surface area (Å²) in [6, 6.07) is 7.70. The molecule has 3 nitrogen and oxygen atoms in total. The van der Waals surface area contributed by atoms with Gasteiger partial charge in [-0.1, -0.05) is 48.3 Å². The van der Waals surface area contributed by atoms with E-state index in [2.05, 4.69) is 10.2 Å². The van der Waals surface area contributed by atoms with Crippen molar-refractivity contribution in [2.75, 3.05) is 5.75 Å². The van der Waals surface area contributed by atoms with E-state index in [4.69, 9.17) is 11.6 Å². The molecule has 0 amide bonds. The lowest BCUT2D eigenvalue weighted by atomic mass is 10.2. The van der Waals surface area contributed by atoms with Gasteiger partial charge in [0.05, 0.1) is 10.8 Å². The molecule has 2 aromatic rings. The lowest BCUT2D eigenvalue weighted by molar-refractivity contribution is 0.176. The zero-order valence-electron chi connectivity index (χ0n) is 11.9. The molecule has 7 heteroatoms. The van der Waals surface area contributed by atoms with Gasteiger partial charge in [0.1, 0.15) is 0 Å². The highest BCUT2D eigenvalue weighted by molar-refractivity contribution is 7.99. The molecule has 1 saturated carbocycles. The SMILES string of the molecule is FC(F)CSc1nnc(-c2ccccc2Cl)n1C1CCCC1. The van der Waals surface area contributed by atoms with Crippen LogP contribution < -0.4 is 0 Å². The standard InChI is InChI=1S/C15H16ClF2N3S/c16-12-8-4-3-7-11(12)14-19-20-15(22-9-13(17)18)21(14)10-5-1-2-6-10/h3-4,7-8,10,13H,1-2,5-6,9H2. The van der Waals surface area contributed by atoms with Crippen molar-refractivity contribution < 1.29 is 8.78 Å². The van der Waals surface area contributed by atoms with Gasteiger partial charge >= 0.3 is 0 Å². The predicted molar refractivity (Wildman–Crippen MR) is 84.7 cm³/mol. The number of thioether (sulfide) groups is 1. The van der Waals surface area contributed by atoms with Crippen LogP contribution in [0.1, 0.15) is 31.7 Å². The van der Waals surface area contributed by atoms with Crippen molar-refractivity contribution in [1.29, 1.82) is 0 Å². The maximum absolute atomic E-state index is 12.5. The van der Waals surface area contributed by atoms with Gasteiger partial charge in [-0.25, -0.2) is 8.78 Å². The van der Waals surface area contributed by atoms with Gasteiger partial charge < -0.3 is 0 Å². The van der Waals surface area contributed by atoms with E-state index < -0.39 is 6.43 Å². The van der Waals surface area contributed by atoms with Crippen LogP contribution in [0.2, 0.25) is 5.02 Å². The highest BCUT2D eigenvalue weighted by Crippen LogP contribution is 2.38. The number of rotatable bonds is 5. The summed E-state index contributed by atoms with van der Waals surface area (Å²) in [7, 11) is 0. The Hall–Kier alpha value is -1.14. The van der Waals surface area contributed by atoms with Gasteiger partial charge in [0, 0.05) is 11.6 Å². The number of halogens is 3. The summed E-state index contributed by atoms with van der Waals surface area (Å²) in [5.41, 5.74) is 0.799. The third-order valence-corrected chi connectivity index (χ3v) is 5.09. The minimum Gasteiger partial charge on any atom is -0.299 e. The highest BCUT2D eigenvalue weighted by atomic mass is 35.5. The van der Waals surface area contributed by atoms with E-state index in [1.807, 2.05) is 22.8 Å². The van der Waals surface area contributed by atoms with E-state index in [0.29, 0.717) is 16.0 Å². The van der Waals surface area contributed by atoms with E-state index in [-0.39, 0.29) is 11.8 Å². The fourth-order valence-corrected chi connectivity index (χ4v) is 3.80. The molecule has 1 fully saturated rings. The zero-order chi connectivity index (χ0) is 15.5. The first kappa shape index (κ1) is 15.7. The van der Waals surface area contributed by atoms with Crippen LogP contribution in [0.15, 0.2) is 29.4 Å². The zero-order valence-corrected chi connectivity index (χ0v) is 13.5. The van der Waals surface area contributed by atoms with Gasteiger partial charge in [0.2, 0.25) is 6.43 Å². The first-order valence-corrected chi connectivity index (χ1v) is 8.64. The van der Waals surface area contributed by atoms with Crippen molar-refractivity contribution in [1.82, 2.24) is 14.8 Å². The van der Waals surface area contributed by atoms with Crippen molar-refractivity contribution in [2.45, 2.75) is 43.3 Å². The lowest BCUT2D eigenvalue weighted by Gasteiger charge is -2.17. The number of hydrogen-bond donors (Lipinski definition) is 0. The van der Waals surface area contributed by atoms with Gasteiger partial charge in [0.25, 0.3) is 0 Å². The van der Waals surface area contributed by atoms with Crippen molar-refractivity contribution in [3.63, 3.8) is 0 Å². The summed E-state index contributed by atoms with van der Waals surface area (Å²) < 4.78 is 27.0. The Kier molecular flexibility index (Phi) is 4.98. The molecule has 0 aliphatic heterocycles. The molecule has 0 atom stereocenters. The van der Waals surface area contributed by atoms with Gasteiger partial charge in [-0.15, -0.1) is 10.2 Å². The maximum atomic E-state index is 12.5. The lowest BCUT2D eigenvalue weighted by Crippen LogP contribution is -2.09. The van der Waals surface area contributed by atoms with Crippen molar-refractivity contribution in [2.24, 2.45) is 0 Å². The minimum absolute atomic E-state index is 0.265. The molecule has 1 aliphatic rings. The summed E-state index contributed by atoms with van der Waals surface area (Å²) in [4.78, 5) is 0. The molecule has 22 heavy (non-hydrogen) atoms. The molecule has 1 aromatic carbocycles. The molecule has 0 saturated heterocycles. The minimum atomic E-state index is -2.36. The molecule has 0 spiro atoms. The Labute approximate surface area is 137 Å². The Balaban J connectivity index is 2.00. The summed E-state index contributed by atoms with van der Waals surface area (Å²) in [6.07, 6.45) is 1.98. The molecule has 0 radical (unpaired) electrons. The molecular formula is C15H16ClF2N3S. The summed E-state index contributed by atoms with van der Waals surface area (Å²) in [5.74, 6) is 0.405. The van der Waals surface area contributed by atoms with Crippen LogP contribution in [-0.4, -0.2) is 26.9 Å². The molecule has 0 N–H and O–H groups in total. The quantitative estimate of drug-likeness (QED) is 0.710. The molecular weight excluding hydrogens is 328 g/mol. The normalized spacial score (nSPS) is 15.8. The molecule has 0 bridgehead atoms. The van der Waals surface area contributed by atoms with E-state index in [9.17, 15) is 8.78 Å². The van der Waals surface area contributed by atoms with Crippen LogP contribution in [0.4, 0.5) is 8.78 Å². The second-order valence-corrected chi connectivity index (χ2v) is 6.69. The monoisotopic (exact) mass is 343 g/mol. The van der Waals surface area contributed by atoms with Gasteiger partial charge in [-0.2, -0.15) is 0 Å². The Morgan fingerprint density at radius 3 is 2.64 bits per heavy atom. The average Bonchev–Trinajstić information content (AvgIpc) is 3.14. The van der Waals surface area contributed by atoms with Gasteiger partial charge in [-0.3, -0.25) is 4.57 Å². The Morgan fingerprint density at radius 1 is 1.23 bits per heavy atom. The number of alkyl halides is 2. The van der Waals surface area contributed by atoms with Crippen LogP contribution in [0.3, 0.4) is 0 Å². The number of aromatic nitrogens is 3. The van der Waals surface area contributed by atoms with E-state index in [0.717, 1.165) is 43.0 Å². The Morgan fingerprint density at radius 2 is 1.95 bits per heavy atom. The van der Waals surface area contributed by atoms with Crippen LogP contribution >= 0.6 is 23.4 Å². The average molecular weight is 344 g/mol. The first-order chi connectivity index (χ1) is 10.7. The summed E-state index contributed by atoms with van der Waals surface area (Å²) in [5, 5.41) is 9.52. The Bertz CT molecular complexity index is 641. The second kappa shape index (κ2) is 6.96. The smallest absolute Gasteiger partial charge is 0.248 e. The molecule has 1 aromatic heterocycles. The number of hydrogen-bond acceptors (Lipinski definition) is 3. The molecule has 1 heterocycles. The van der Waals surface area contributed by atoms with Crippen molar-refractivity contribution >= 4 is 23.4 Å². The van der Waals surface area contributed by atoms with Crippen LogP contribution in [0, 0.1) is 0 Å². The summed E-state index contributed by atoms with van der Waals surface area (Å²) >= 11 is 7.33. The van der Waals surface area contributed by atoms with E-state index in [1.165, 1.54) is 0 Å². The third kappa shape index (κ3) is 3.27. The fraction of sp³-hybridized carbons (Fsp3) is 0.467. The van der Waals surface area contributed by atoms with E-state index >= 15 is 0 Å². The summed E-state index contributed by atoms with van der Waals surface area (Å²) in [6.45, 7) is 0. The largest absolute Gasteiger partial charge is 0.299 e. The van der Waals surface area contributed by atoms with E-state index in [1.54, 1.807) is 6.07 Å². The number of benzene rings is 1.